The molecule has 1 fully saturated rings. The van der Waals surface area contributed by atoms with Crippen LogP contribution in [0.4, 0.5) is 5.69 Å². The average molecular weight is 396 g/mol. The van der Waals surface area contributed by atoms with Crippen molar-refractivity contribution in [2.45, 2.75) is 30.2 Å². The smallest absolute Gasteiger partial charge is 0.277 e. The van der Waals surface area contributed by atoms with Crippen molar-refractivity contribution in [2.75, 3.05) is 23.5 Å². The molecule has 9 heteroatoms. The normalized spacial score (nSPS) is 20.0. The van der Waals surface area contributed by atoms with Crippen molar-refractivity contribution in [3.8, 4) is 0 Å². The summed E-state index contributed by atoms with van der Waals surface area (Å²) in [6.07, 6.45) is 1.09. The number of thioether (sulfide) groups is 1. The molecule has 0 aliphatic carbocycles. The molecule has 0 unspecified atom stereocenters. The van der Waals surface area contributed by atoms with E-state index in [0.717, 1.165) is 5.69 Å². The maximum Gasteiger partial charge on any atom is 0.277 e. The zero-order chi connectivity index (χ0) is 18.7. The molecule has 2 atom stereocenters. The highest BCUT2D eigenvalue weighted by Crippen LogP contribution is 2.27. The lowest BCUT2D eigenvalue weighted by molar-refractivity contribution is -0.117. The maximum atomic E-state index is 12.6. The Hall–Kier alpha value is -1.87. The Morgan fingerprint density at radius 1 is 1.35 bits per heavy atom. The Morgan fingerprint density at radius 3 is 2.73 bits per heavy atom. The van der Waals surface area contributed by atoms with E-state index in [9.17, 15) is 13.2 Å². The van der Waals surface area contributed by atoms with Gasteiger partial charge in [-0.3, -0.25) is 4.79 Å². The summed E-state index contributed by atoms with van der Waals surface area (Å²) >= 11 is 1.20. The second kappa shape index (κ2) is 7.79. The molecule has 0 radical (unpaired) electrons. The minimum absolute atomic E-state index is 0.0292. The van der Waals surface area contributed by atoms with Crippen LogP contribution in [-0.2, 0) is 21.1 Å². The minimum atomic E-state index is -2.92. The van der Waals surface area contributed by atoms with Crippen molar-refractivity contribution in [3.05, 3.63) is 36.2 Å². The molecule has 140 valence electrons. The van der Waals surface area contributed by atoms with Crippen LogP contribution in [-0.4, -0.2) is 48.3 Å². The van der Waals surface area contributed by atoms with Crippen LogP contribution in [0.1, 0.15) is 19.2 Å². The topological polar surface area (TPSA) is 93.4 Å². The Labute approximate surface area is 157 Å². The van der Waals surface area contributed by atoms with Gasteiger partial charge in [-0.25, -0.2) is 8.42 Å². The Kier molecular flexibility index (Phi) is 5.67. The highest BCUT2D eigenvalue weighted by molar-refractivity contribution is 8.00. The second-order valence-electron chi connectivity index (χ2n) is 6.43. The highest BCUT2D eigenvalue weighted by Gasteiger charge is 2.29. The van der Waals surface area contributed by atoms with E-state index in [-0.39, 0.29) is 28.6 Å². The lowest BCUT2D eigenvalue weighted by atomic mass is 10.1. The first-order valence-corrected chi connectivity index (χ1v) is 11.1. The average Bonchev–Trinajstić information content (AvgIpc) is 3.20. The molecule has 1 aromatic carbocycles. The van der Waals surface area contributed by atoms with Crippen molar-refractivity contribution in [3.63, 3.8) is 0 Å². The number of rotatable bonds is 6. The first-order valence-electron chi connectivity index (χ1n) is 8.36. The van der Waals surface area contributed by atoms with Gasteiger partial charge in [-0.2, -0.15) is 0 Å². The number of carbonyl (C=O) groups excluding carboxylic acids is 1. The third-order valence-corrected chi connectivity index (χ3v) is 7.10. The van der Waals surface area contributed by atoms with Gasteiger partial charge >= 0.3 is 0 Å². The number of para-hydroxylation sites is 1. The van der Waals surface area contributed by atoms with Gasteiger partial charge < -0.3 is 9.32 Å². The summed E-state index contributed by atoms with van der Waals surface area (Å²) in [7, 11) is -1.19. The molecule has 1 saturated heterocycles. The molecular weight excluding hydrogens is 374 g/mol. The van der Waals surface area contributed by atoms with Crippen LogP contribution >= 0.6 is 11.8 Å². The number of hydrogen-bond acceptors (Lipinski definition) is 7. The molecule has 0 bridgehead atoms. The van der Waals surface area contributed by atoms with Crippen LogP contribution in [0.3, 0.4) is 0 Å². The summed E-state index contributed by atoms with van der Waals surface area (Å²) in [4.78, 5) is 14.1. The molecule has 1 aliphatic rings. The van der Waals surface area contributed by atoms with E-state index < -0.39 is 9.84 Å². The summed E-state index contributed by atoms with van der Waals surface area (Å²) < 4.78 is 28.6. The van der Waals surface area contributed by atoms with Gasteiger partial charge in [0.15, 0.2) is 9.84 Å². The van der Waals surface area contributed by atoms with E-state index >= 15 is 0 Å². The van der Waals surface area contributed by atoms with Crippen molar-refractivity contribution >= 4 is 33.2 Å². The molecule has 1 aromatic heterocycles. The van der Waals surface area contributed by atoms with Crippen LogP contribution in [0.5, 0.6) is 0 Å². The highest BCUT2D eigenvalue weighted by atomic mass is 32.2. The molecule has 2 heterocycles. The van der Waals surface area contributed by atoms with Crippen LogP contribution < -0.4 is 4.90 Å². The number of hydrogen-bond donors (Lipinski definition) is 0. The number of amides is 1. The maximum absolute atomic E-state index is 12.6. The van der Waals surface area contributed by atoms with Gasteiger partial charge in [0.05, 0.1) is 16.8 Å². The van der Waals surface area contributed by atoms with Gasteiger partial charge in [-0.05, 0) is 31.4 Å². The Bertz CT molecular complexity index is 867. The van der Waals surface area contributed by atoms with Gasteiger partial charge in [-0.1, -0.05) is 30.0 Å². The van der Waals surface area contributed by atoms with E-state index in [1.807, 2.05) is 30.3 Å². The summed E-state index contributed by atoms with van der Waals surface area (Å²) in [6.45, 7) is 1.79. The van der Waals surface area contributed by atoms with Gasteiger partial charge in [0, 0.05) is 19.2 Å². The van der Waals surface area contributed by atoms with Crippen molar-refractivity contribution in [1.29, 1.82) is 0 Å². The van der Waals surface area contributed by atoms with E-state index in [2.05, 4.69) is 10.2 Å². The van der Waals surface area contributed by atoms with Crippen LogP contribution in [0, 0.1) is 5.92 Å². The quantitative estimate of drug-likeness (QED) is 0.692. The van der Waals surface area contributed by atoms with Gasteiger partial charge in [0.2, 0.25) is 11.8 Å². The minimum Gasteiger partial charge on any atom is -0.416 e. The number of carbonyl (C=O) groups is 1. The number of nitrogens with zero attached hydrogens (tertiary/aromatic N) is 3. The molecule has 3 rings (SSSR count). The van der Waals surface area contributed by atoms with Crippen LogP contribution in [0.15, 0.2) is 40.0 Å². The van der Waals surface area contributed by atoms with Crippen molar-refractivity contribution in [2.24, 2.45) is 5.92 Å². The third kappa shape index (κ3) is 4.64. The molecule has 1 aliphatic heterocycles. The zero-order valence-electron chi connectivity index (χ0n) is 14.7. The predicted octanol–water partition coefficient (Wildman–Crippen LogP) is 2.19. The molecule has 7 nitrogen and oxygen atoms in total. The van der Waals surface area contributed by atoms with Crippen molar-refractivity contribution < 1.29 is 17.6 Å². The van der Waals surface area contributed by atoms with E-state index in [1.165, 1.54) is 11.8 Å². The SMILES string of the molecule is C[C@H](Sc1nnc(C[C@@H]2CCS(=O)(=O)C2)o1)C(=O)N(C)c1ccccc1. The molecule has 2 aromatic rings. The fraction of sp³-hybridized carbons (Fsp3) is 0.471. The largest absolute Gasteiger partial charge is 0.416 e. The molecule has 26 heavy (non-hydrogen) atoms. The third-order valence-electron chi connectivity index (χ3n) is 4.34. The monoisotopic (exact) mass is 395 g/mol. The summed E-state index contributed by atoms with van der Waals surface area (Å²) in [6, 6.07) is 9.40. The lowest BCUT2D eigenvalue weighted by Crippen LogP contribution is -2.33. The number of sulfone groups is 1. The Morgan fingerprint density at radius 2 is 2.08 bits per heavy atom. The fourth-order valence-electron chi connectivity index (χ4n) is 2.90. The fourth-order valence-corrected chi connectivity index (χ4v) is 5.56. The zero-order valence-corrected chi connectivity index (χ0v) is 16.3. The molecular formula is C17H21N3O4S2. The number of aromatic nitrogens is 2. The van der Waals surface area contributed by atoms with E-state index in [0.29, 0.717) is 24.0 Å². The first-order chi connectivity index (χ1) is 12.3. The summed E-state index contributed by atoms with van der Waals surface area (Å²) in [5.41, 5.74) is 0.818. The molecule has 0 saturated carbocycles. The van der Waals surface area contributed by atoms with Crippen LogP contribution in [0.25, 0.3) is 0 Å². The molecule has 0 N–H and O–H groups in total. The van der Waals surface area contributed by atoms with E-state index in [4.69, 9.17) is 4.42 Å². The van der Waals surface area contributed by atoms with Crippen LogP contribution in [0.2, 0.25) is 0 Å². The Balaban J connectivity index is 1.57. The number of benzene rings is 1. The van der Waals surface area contributed by atoms with Gasteiger partial charge in [-0.15, -0.1) is 10.2 Å². The van der Waals surface area contributed by atoms with Gasteiger partial charge in [0.1, 0.15) is 0 Å². The van der Waals surface area contributed by atoms with Crippen molar-refractivity contribution in [1.82, 2.24) is 10.2 Å². The van der Waals surface area contributed by atoms with Gasteiger partial charge in [0.25, 0.3) is 5.22 Å². The molecule has 0 spiro atoms. The first kappa shape index (κ1) is 18.9. The lowest BCUT2D eigenvalue weighted by Gasteiger charge is -2.20. The predicted molar refractivity (Wildman–Crippen MR) is 99.9 cm³/mol. The number of anilines is 1. The summed E-state index contributed by atoms with van der Waals surface area (Å²) in [5.74, 6) is 0.786. The standard InChI is InChI=1S/C17H21N3O4S2/c1-12(16(21)20(2)14-6-4-3-5-7-14)25-17-19-18-15(24-17)10-13-8-9-26(22,23)11-13/h3-7,12-13H,8-11H2,1-2H3/t12-,13-/m0/s1. The van der Waals surface area contributed by atoms with E-state index in [1.54, 1.807) is 18.9 Å². The summed E-state index contributed by atoms with van der Waals surface area (Å²) in [5, 5.41) is 7.89. The second-order valence-corrected chi connectivity index (χ2v) is 9.95. The molecule has 1 amide bonds.